The van der Waals surface area contributed by atoms with Gasteiger partial charge in [-0.1, -0.05) is 12.2 Å². The van der Waals surface area contributed by atoms with Crippen LogP contribution in [0, 0.1) is 0 Å². The molecule has 33 heavy (non-hydrogen) atoms. The molecule has 0 amide bonds. The van der Waals surface area contributed by atoms with E-state index in [0.29, 0.717) is 22.8 Å². The van der Waals surface area contributed by atoms with Crippen molar-refractivity contribution in [2.24, 2.45) is 7.05 Å². The summed E-state index contributed by atoms with van der Waals surface area (Å²) in [5.74, 6) is 0. The maximum atomic E-state index is 12.7. The molecule has 0 saturated carbocycles. The van der Waals surface area contributed by atoms with Crippen LogP contribution in [-0.4, -0.2) is 49.8 Å². The average molecular weight is 466 g/mol. The zero-order valence-electron chi connectivity index (χ0n) is 18.3. The van der Waals surface area contributed by atoms with Crippen LogP contribution < -0.4 is 34.1 Å². The molecule has 2 heterocycles. The second-order valence-electron chi connectivity index (χ2n) is 7.39. The zero-order chi connectivity index (χ0) is 25.0. The Hall–Kier alpha value is -3.78. The number of aromatic nitrogens is 6. The topological polar surface area (TPSA) is 172 Å². The van der Waals surface area contributed by atoms with E-state index in [-0.39, 0.29) is 13.1 Å². The van der Waals surface area contributed by atoms with Gasteiger partial charge in [-0.25, -0.2) is 56.2 Å². The van der Waals surface area contributed by atoms with Gasteiger partial charge < -0.3 is 10.2 Å². The van der Waals surface area contributed by atoms with E-state index in [2.05, 4.69) is 13.2 Å². The fourth-order valence-corrected chi connectivity index (χ4v) is 3.22. The van der Waals surface area contributed by atoms with Gasteiger partial charge in [0.15, 0.2) is 0 Å². The van der Waals surface area contributed by atoms with Gasteiger partial charge in [-0.05, 0) is 6.92 Å². The third kappa shape index (κ3) is 5.01. The van der Waals surface area contributed by atoms with Crippen LogP contribution in [0.5, 0.6) is 0 Å². The molecule has 0 saturated heterocycles. The lowest BCUT2D eigenvalue weighted by molar-refractivity contribution is 0.122. The van der Waals surface area contributed by atoms with Crippen LogP contribution in [-0.2, 0) is 39.8 Å². The molecule has 0 aromatic carbocycles. The molecule has 0 bridgehead atoms. The lowest BCUT2D eigenvalue weighted by Crippen LogP contribution is -2.57. The van der Waals surface area contributed by atoms with Crippen molar-refractivity contribution in [2.75, 3.05) is 0 Å². The van der Waals surface area contributed by atoms with E-state index in [0.717, 1.165) is 11.6 Å². The van der Waals surface area contributed by atoms with Crippen molar-refractivity contribution < 1.29 is 10.2 Å². The highest BCUT2D eigenvalue weighted by Crippen LogP contribution is 1.91. The molecule has 0 spiro atoms. The third-order valence-electron chi connectivity index (χ3n) is 4.74. The third-order valence-corrected chi connectivity index (χ3v) is 4.74. The predicted octanol–water partition coefficient (Wildman–Crippen LogP) is -3.99. The van der Waals surface area contributed by atoms with E-state index in [1.807, 2.05) is 0 Å². The molecule has 14 nitrogen and oxygen atoms in total. The van der Waals surface area contributed by atoms with E-state index >= 15 is 0 Å². The van der Waals surface area contributed by atoms with Crippen molar-refractivity contribution in [1.29, 1.82) is 0 Å². The van der Waals surface area contributed by atoms with Crippen molar-refractivity contribution in [3.8, 4) is 0 Å². The molecule has 0 aliphatic carbocycles. The summed E-state index contributed by atoms with van der Waals surface area (Å²) in [6.45, 7) is 6.09. The van der Waals surface area contributed by atoms with Gasteiger partial charge in [0.1, 0.15) is 0 Å². The Morgan fingerprint density at radius 2 is 1.00 bits per heavy atom. The van der Waals surface area contributed by atoms with Crippen molar-refractivity contribution in [2.45, 2.75) is 51.9 Å². The van der Waals surface area contributed by atoms with Crippen LogP contribution in [0.4, 0.5) is 0 Å². The number of hydrogen-bond donors (Lipinski definition) is 2. The molecule has 0 aliphatic heterocycles. The lowest BCUT2D eigenvalue weighted by atomic mass is 10.3. The summed E-state index contributed by atoms with van der Waals surface area (Å²) < 4.78 is 3.88. The molecule has 0 radical (unpaired) electrons. The van der Waals surface area contributed by atoms with Crippen molar-refractivity contribution in [3.05, 3.63) is 88.2 Å². The summed E-state index contributed by atoms with van der Waals surface area (Å²) in [7, 11) is 1.15. The number of hydrogen-bond acceptors (Lipinski definition) is 8. The first-order valence-corrected chi connectivity index (χ1v) is 9.89. The molecule has 2 aromatic rings. The highest BCUT2D eigenvalue weighted by Gasteiger charge is 2.20. The Bertz CT molecular complexity index is 1410. The molecule has 2 aromatic heterocycles. The van der Waals surface area contributed by atoms with E-state index in [1.54, 1.807) is 0 Å². The van der Waals surface area contributed by atoms with E-state index in [4.69, 9.17) is 0 Å². The van der Waals surface area contributed by atoms with Crippen LogP contribution in [0.3, 0.4) is 0 Å². The maximum absolute atomic E-state index is 12.7. The average Bonchev–Trinajstić information content (AvgIpc) is 2.76. The van der Waals surface area contributed by atoms with Crippen molar-refractivity contribution >= 4 is 0 Å². The van der Waals surface area contributed by atoms with Gasteiger partial charge in [0.05, 0.1) is 44.9 Å². The van der Waals surface area contributed by atoms with Gasteiger partial charge in [0.25, 0.3) is 0 Å². The van der Waals surface area contributed by atoms with Gasteiger partial charge in [-0.15, -0.1) is 13.2 Å². The molecule has 0 fully saturated rings. The SMILES string of the molecule is C=CCn1c(=O)n(C)c(=O)n(CC(O)Cn2c(=O)n(CC=C)c(=O)n(CC(C)O)c2=O)c1=O. The first-order valence-electron chi connectivity index (χ1n) is 9.89. The summed E-state index contributed by atoms with van der Waals surface area (Å²) in [5, 5.41) is 20.1. The summed E-state index contributed by atoms with van der Waals surface area (Å²) >= 11 is 0. The van der Waals surface area contributed by atoms with E-state index in [9.17, 15) is 39.0 Å². The van der Waals surface area contributed by atoms with E-state index in [1.165, 1.54) is 19.1 Å². The summed E-state index contributed by atoms with van der Waals surface area (Å²) in [5.41, 5.74) is -5.95. The summed E-state index contributed by atoms with van der Waals surface area (Å²) in [6, 6.07) is 0. The lowest BCUT2D eigenvalue weighted by Gasteiger charge is -2.17. The van der Waals surface area contributed by atoms with Gasteiger partial charge in [0.2, 0.25) is 0 Å². The van der Waals surface area contributed by atoms with Crippen molar-refractivity contribution in [3.63, 3.8) is 0 Å². The van der Waals surface area contributed by atoms with Gasteiger partial charge in [-0.2, -0.15) is 0 Å². The van der Waals surface area contributed by atoms with Crippen LogP contribution in [0.2, 0.25) is 0 Å². The summed E-state index contributed by atoms with van der Waals surface area (Å²) in [4.78, 5) is 75.0. The van der Waals surface area contributed by atoms with E-state index < -0.39 is 66.0 Å². The van der Waals surface area contributed by atoms with Crippen LogP contribution in [0.25, 0.3) is 0 Å². The quantitative estimate of drug-likeness (QED) is 0.334. The smallest absolute Gasteiger partial charge is 0.336 e. The number of rotatable bonds is 10. The summed E-state index contributed by atoms with van der Waals surface area (Å²) in [6.07, 6.45) is -0.158. The molecule has 14 heteroatoms. The predicted molar refractivity (Wildman–Crippen MR) is 118 cm³/mol. The Balaban J connectivity index is 2.59. The fraction of sp³-hybridized carbons (Fsp3) is 0.474. The first-order chi connectivity index (χ1) is 15.5. The minimum absolute atomic E-state index is 0.183. The molecule has 2 N–H and O–H groups in total. The standard InChI is InChI=1S/C19H26N6O8/c1-5-7-21-14(28)20(4)15(29)24(16(21)30)10-13(27)11-25-18(32)22(8-6-2)17(31)23(19(25)33)9-12(3)26/h5-6,12-13,26-27H,1-2,7-11H2,3-4H3. The number of nitrogens with zero attached hydrogens (tertiary/aromatic N) is 6. The van der Waals surface area contributed by atoms with Crippen LogP contribution >= 0.6 is 0 Å². The number of allylic oxidation sites excluding steroid dienone is 2. The van der Waals surface area contributed by atoms with Crippen LogP contribution in [0.1, 0.15) is 6.92 Å². The maximum Gasteiger partial charge on any atom is 0.336 e. The molecule has 2 rings (SSSR count). The van der Waals surface area contributed by atoms with Gasteiger partial charge >= 0.3 is 34.1 Å². The number of aliphatic hydroxyl groups excluding tert-OH is 2. The fourth-order valence-electron chi connectivity index (χ4n) is 3.22. The van der Waals surface area contributed by atoms with Crippen molar-refractivity contribution in [1.82, 2.24) is 27.4 Å². The Labute approximate surface area is 185 Å². The highest BCUT2D eigenvalue weighted by molar-refractivity contribution is 4.85. The second-order valence-corrected chi connectivity index (χ2v) is 7.39. The van der Waals surface area contributed by atoms with Gasteiger partial charge in [-0.3, -0.25) is 0 Å². The van der Waals surface area contributed by atoms with Gasteiger partial charge in [0, 0.05) is 7.05 Å². The monoisotopic (exact) mass is 466 g/mol. The molecule has 180 valence electrons. The molecule has 2 unspecified atom stereocenters. The first kappa shape index (κ1) is 25.5. The second kappa shape index (κ2) is 10.2. The number of aliphatic hydroxyl groups is 2. The molecular weight excluding hydrogens is 440 g/mol. The molecule has 0 aliphatic rings. The zero-order valence-corrected chi connectivity index (χ0v) is 18.3. The molecular formula is C19H26N6O8. The Morgan fingerprint density at radius 3 is 1.42 bits per heavy atom. The minimum Gasteiger partial charge on any atom is -0.392 e. The normalized spacial score (nSPS) is 13.0. The largest absolute Gasteiger partial charge is 0.392 e. The highest BCUT2D eigenvalue weighted by atomic mass is 16.3. The molecule has 2 atom stereocenters. The Kier molecular flexibility index (Phi) is 7.90. The Morgan fingerprint density at radius 1 is 0.667 bits per heavy atom. The minimum atomic E-state index is -1.61. The van der Waals surface area contributed by atoms with Crippen LogP contribution in [0.15, 0.2) is 54.1 Å².